The fourth-order valence-corrected chi connectivity index (χ4v) is 3.07. The number of nitrogens with one attached hydrogen (secondary N) is 1. The Morgan fingerprint density at radius 2 is 1.76 bits per heavy atom. The molecule has 0 aliphatic heterocycles. The van der Waals surface area contributed by atoms with Crippen LogP contribution in [0.1, 0.15) is 18.9 Å². The first-order chi connectivity index (χ1) is 9.83. The molecule has 0 atom stereocenters. The van der Waals surface area contributed by atoms with Gasteiger partial charge in [-0.2, -0.15) is 0 Å². The maximum atomic E-state index is 11.8. The van der Waals surface area contributed by atoms with E-state index < -0.39 is 13.0 Å². The van der Waals surface area contributed by atoms with Crippen molar-refractivity contribution in [3.63, 3.8) is 0 Å². The molecule has 1 aromatic carbocycles. The van der Waals surface area contributed by atoms with Crippen molar-refractivity contribution in [1.29, 1.82) is 0 Å². The van der Waals surface area contributed by atoms with Crippen molar-refractivity contribution in [3.05, 3.63) is 26.6 Å². The van der Waals surface area contributed by atoms with Crippen molar-refractivity contribution >= 4 is 31.9 Å². The summed E-state index contributed by atoms with van der Waals surface area (Å²) in [5.41, 5.74) is 1.04. The Labute approximate surface area is 138 Å². The highest BCUT2D eigenvalue weighted by molar-refractivity contribution is 9.11. The molecular weight excluding hydrogens is 419 g/mol. The summed E-state index contributed by atoms with van der Waals surface area (Å²) < 4.78 is 45.8. The molecule has 0 aliphatic rings. The van der Waals surface area contributed by atoms with Crippen molar-refractivity contribution < 1.29 is 22.6 Å². The largest absolute Gasteiger partial charge is 0.522 e. The minimum absolute atomic E-state index is 0.190. The van der Waals surface area contributed by atoms with Gasteiger partial charge in [0.25, 0.3) is 0 Å². The summed E-state index contributed by atoms with van der Waals surface area (Å²) in [6, 6.07) is 3.74. The molecule has 0 fully saturated rings. The molecule has 0 aromatic heterocycles. The summed E-state index contributed by atoms with van der Waals surface area (Å²) in [5.74, 6) is 0.458. The van der Waals surface area contributed by atoms with E-state index in [1.165, 1.54) is 0 Å². The van der Waals surface area contributed by atoms with Crippen LogP contribution >= 0.6 is 31.9 Å². The number of hydrogen-bond donors (Lipinski definition) is 1. The SMILES string of the molecule is CCCNCc1cc(Br)c(OCCOC(F)(F)F)c(Br)c1. The van der Waals surface area contributed by atoms with Crippen LogP contribution in [0, 0.1) is 0 Å². The van der Waals surface area contributed by atoms with Gasteiger partial charge in [0.05, 0.1) is 15.6 Å². The van der Waals surface area contributed by atoms with Crippen LogP contribution in [0.5, 0.6) is 5.75 Å². The van der Waals surface area contributed by atoms with Crippen molar-refractivity contribution in [2.24, 2.45) is 0 Å². The summed E-state index contributed by atoms with van der Waals surface area (Å²) in [6.07, 6.45) is -3.59. The highest BCUT2D eigenvalue weighted by atomic mass is 79.9. The predicted octanol–water partition coefficient (Wildman–Crippen LogP) is 4.63. The molecule has 0 amide bonds. The number of rotatable bonds is 8. The zero-order valence-corrected chi connectivity index (χ0v) is 14.6. The smallest absolute Gasteiger partial charge is 0.489 e. The van der Waals surface area contributed by atoms with E-state index in [0.29, 0.717) is 21.2 Å². The molecule has 0 saturated carbocycles. The summed E-state index contributed by atoms with van der Waals surface area (Å²) >= 11 is 6.71. The van der Waals surface area contributed by atoms with Gasteiger partial charge in [-0.25, -0.2) is 0 Å². The van der Waals surface area contributed by atoms with E-state index in [-0.39, 0.29) is 6.61 Å². The predicted molar refractivity (Wildman–Crippen MR) is 81.3 cm³/mol. The minimum Gasteiger partial charge on any atom is -0.489 e. The molecule has 3 nitrogen and oxygen atoms in total. The third-order valence-electron chi connectivity index (χ3n) is 2.41. The van der Waals surface area contributed by atoms with Crippen LogP contribution in [0.2, 0.25) is 0 Å². The molecular formula is C13H16Br2F3NO2. The first-order valence-electron chi connectivity index (χ1n) is 6.35. The number of halogens is 5. The standard InChI is InChI=1S/C13H16Br2F3NO2/c1-2-3-19-8-9-6-10(14)12(11(15)7-9)20-4-5-21-13(16,17)18/h6-7,19H,2-5,8H2,1H3. The van der Waals surface area contributed by atoms with Crippen LogP contribution in [0.25, 0.3) is 0 Å². The maximum absolute atomic E-state index is 11.8. The van der Waals surface area contributed by atoms with Gasteiger partial charge in [0.2, 0.25) is 0 Å². The lowest BCUT2D eigenvalue weighted by Crippen LogP contribution is -2.18. The van der Waals surface area contributed by atoms with Gasteiger partial charge in [0, 0.05) is 6.54 Å². The first-order valence-corrected chi connectivity index (χ1v) is 7.94. The van der Waals surface area contributed by atoms with Crippen LogP contribution in [0.3, 0.4) is 0 Å². The van der Waals surface area contributed by atoms with Crippen LogP contribution in [0.15, 0.2) is 21.1 Å². The zero-order valence-electron chi connectivity index (χ0n) is 11.4. The van der Waals surface area contributed by atoms with E-state index >= 15 is 0 Å². The molecule has 120 valence electrons. The van der Waals surface area contributed by atoms with Crippen LogP contribution in [-0.4, -0.2) is 26.1 Å². The number of alkyl halides is 3. The second-order valence-electron chi connectivity index (χ2n) is 4.21. The fraction of sp³-hybridized carbons (Fsp3) is 0.538. The molecule has 0 aliphatic carbocycles. The lowest BCUT2D eigenvalue weighted by Gasteiger charge is -2.13. The van der Waals surface area contributed by atoms with Crippen LogP contribution < -0.4 is 10.1 Å². The third kappa shape index (κ3) is 7.49. The summed E-state index contributed by atoms with van der Waals surface area (Å²) in [5, 5.41) is 3.27. The van der Waals surface area contributed by atoms with Gasteiger partial charge in [-0.15, -0.1) is 13.2 Å². The lowest BCUT2D eigenvalue weighted by molar-refractivity contribution is -0.325. The highest BCUT2D eigenvalue weighted by Crippen LogP contribution is 2.34. The van der Waals surface area contributed by atoms with Gasteiger partial charge < -0.3 is 10.1 Å². The summed E-state index contributed by atoms with van der Waals surface area (Å²) in [7, 11) is 0. The second-order valence-corrected chi connectivity index (χ2v) is 5.92. The molecule has 0 radical (unpaired) electrons. The average Bonchev–Trinajstić information content (AvgIpc) is 2.36. The van der Waals surface area contributed by atoms with E-state index in [1.807, 2.05) is 12.1 Å². The fourth-order valence-electron chi connectivity index (χ4n) is 1.56. The Balaban J connectivity index is 2.55. The Kier molecular flexibility index (Phi) is 8.00. The van der Waals surface area contributed by atoms with Crippen molar-refractivity contribution in [2.45, 2.75) is 26.3 Å². The molecule has 0 heterocycles. The zero-order chi connectivity index (χ0) is 15.9. The van der Waals surface area contributed by atoms with Crippen molar-refractivity contribution in [3.8, 4) is 5.75 Å². The molecule has 0 saturated heterocycles. The topological polar surface area (TPSA) is 30.5 Å². The molecule has 0 spiro atoms. The van der Waals surface area contributed by atoms with E-state index in [4.69, 9.17) is 4.74 Å². The van der Waals surface area contributed by atoms with E-state index in [0.717, 1.165) is 18.5 Å². The van der Waals surface area contributed by atoms with Crippen molar-refractivity contribution in [2.75, 3.05) is 19.8 Å². The molecule has 0 unspecified atom stereocenters. The molecule has 21 heavy (non-hydrogen) atoms. The van der Waals surface area contributed by atoms with Gasteiger partial charge in [-0.1, -0.05) is 6.92 Å². The van der Waals surface area contributed by atoms with Gasteiger partial charge in [0.1, 0.15) is 12.4 Å². The number of hydrogen-bond acceptors (Lipinski definition) is 3. The van der Waals surface area contributed by atoms with Gasteiger partial charge >= 0.3 is 6.36 Å². The summed E-state index contributed by atoms with van der Waals surface area (Å²) in [6.45, 7) is 2.97. The quantitative estimate of drug-likeness (QED) is 0.605. The monoisotopic (exact) mass is 433 g/mol. The third-order valence-corrected chi connectivity index (χ3v) is 3.59. The molecule has 1 rings (SSSR count). The number of benzene rings is 1. The van der Waals surface area contributed by atoms with Crippen molar-refractivity contribution in [1.82, 2.24) is 5.32 Å². The van der Waals surface area contributed by atoms with Gasteiger partial charge in [-0.3, -0.25) is 4.74 Å². The number of ether oxygens (including phenoxy) is 2. The van der Waals surface area contributed by atoms with Crippen LogP contribution in [-0.2, 0) is 11.3 Å². The van der Waals surface area contributed by atoms with E-state index in [2.05, 4.69) is 48.8 Å². The van der Waals surface area contributed by atoms with E-state index in [1.54, 1.807) is 0 Å². The Bertz CT molecular complexity index is 433. The summed E-state index contributed by atoms with van der Waals surface area (Å²) in [4.78, 5) is 0. The van der Waals surface area contributed by atoms with Crippen LogP contribution in [0.4, 0.5) is 13.2 Å². The average molecular weight is 435 g/mol. The lowest BCUT2D eigenvalue weighted by atomic mass is 10.2. The molecule has 1 N–H and O–H groups in total. The Morgan fingerprint density at radius 1 is 1.14 bits per heavy atom. The molecule has 8 heteroatoms. The van der Waals surface area contributed by atoms with Gasteiger partial charge in [-0.05, 0) is 62.5 Å². The molecule has 1 aromatic rings. The highest BCUT2D eigenvalue weighted by Gasteiger charge is 2.28. The van der Waals surface area contributed by atoms with Gasteiger partial charge in [0.15, 0.2) is 0 Å². The Hall–Kier alpha value is -0.310. The first kappa shape index (κ1) is 18.7. The molecule has 0 bridgehead atoms. The maximum Gasteiger partial charge on any atom is 0.522 e. The normalized spacial score (nSPS) is 11.7. The second kappa shape index (κ2) is 8.97. The van der Waals surface area contributed by atoms with E-state index in [9.17, 15) is 13.2 Å². The minimum atomic E-state index is -4.63. The Morgan fingerprint density at radius 3 is 2.29 bits per heavy atom.